The maximum atomic E-state index is 11.1. The number of carbonyl (C=O) groups excluding carboxylic acids is 1. The summed E-state index contributed by atoms with van der Waals surface area (Å²) in [5.41, 5.74) is 6.96. The second kappa shape index (κ2) is 7.53. The zero-order valence-electron chi connectivity index (χ0n) is 15.3. The molecule has 0 bridgehead atoms. The van der Waals surface area contributed by atoms with Crippen molar-refractivity contribution in [3.05, 3.63) is 57.1 Å². The van der Waals surface area contributed by atoms with E-state index in [2.05, 4.69) is 4.98 Å². The number of fused-ring (bicyclic) bond motifs is 1. The van der Waals surface area contributed by atoms with Gasteiger partial charge in [0.1, 0.15) is 5.60 Å². The molecule has 0 fully saturated rings. The lowest BCUT2D eigenvalue weighted by atomic mass is 10.0. The fraction of sp³-hybridized carbons (Fsp3) is 0.263. The number of hydrogen-bond donors (Lipinski definition) is 2. The molecule has 3 rings (SSSR count). The minimum Gasteiger partial charge on any atom is -0.443 e. The third kappa shape index (κ3) is 4.26. The molecule has 146 valence electrons. The SMILES string of the molecule is CC(C)(Cc1nc2c(-c3cccc([N+](=O)[O-])c3)cc(CO)cc2s1)OC(N)=O. The van der Waals surface area contributed by atoms with Crippen LogP contribution < -0.4 is 5.73 Å². The minimum atomic E-state index is -0.856. The molecule has 0 unspecified atom stereocenters. The predicted octanol–water partition coefficient (Wildman–Crippen LogP) is 3.78. The van der Waals surface area contributed by atoms with Gasteiger partial charge in [0.2, 0.25) is 0 Å². The zero-order valence-corrected chi connectivity index (χ0v) is 16.2. The van der Waals surface area contributed by atoms with Crippen LogP contribution in [0.15, 0.2) is 36.4 Å². The van der Waals surface area contributed by atoms with Crippen LogP contribution in [0.4, 0.5) is 10.5 Å². The van der Waals surface area contributed by atoms with Crippen molar-refractivity contribution >= 4 is 33.3 Å². The number of aliphatic hydroxyl groups is 1. The number of hydrogen-bond acceptors (Lipinski definition) is 7. The summed E-state index contributed by atoms with van der Waals surface area (Å²) in [5, 5.41) is 21.5. The standard InChI is InChI=1S/C19H19N3O5S/c1-19(2,27-18(20)24)9-16-21-17-14(6-11(10-23)7-15(17)28-16)12-4-3-5-13(8-12)22(25)26/h3-8,23H,9-10H2,1-2H3,(H2,20,24). The number of primary amides is 1. The molecule has 0 aliphatic carbocycles. The van der Waals surface area contributed by atoms with Gasteiger partial charge in [0.05, 0.1) is 26.8 Å². The summed E-state index contributed by atoms with van der Waals surface area (Å²) in [5.74, 6) is 0. The molecule has 0 atom stereocenters. The highest BCUT2D eigenvalue weighted by atomic mass is 32.1. The molecule has 0 radical (unpaired) electrons. The molecule has 1 heterocycles. The predicted molar refractivity (Wildman–Crippen MR) is 106 cm³/mol. The Morgan fingerprint density at radius 3 is 2.75 bits per heavy atom. The first-order valence-corrected chi connectivity index (χ1v) is 9.26. The van der Waals surface area contributed by atoms with Crippen LogP contribution in [0.5, 0.6) is 0 Å². The molecule has 3 aromatic rings. The second-order valence-electron chi connectivity index (χ2n) is 6.92. The van der Waals surface area contributed by atoms with Gasteiger partial charge in [-0.1, -0.05) is 12.1 Å². The van der Waals surface area contributed by atoms with Gasteiger partial charge >= 0.3 is 6.09 Å². The van der Waals surface area contributed by atoms with E-state index < -0.39 is 16.6 Å². The first-order chi connectivity index (χ1) is 13.2. The number of non-ortho nitro benzene ring substituents is 1. The first kappa shape index (κ1) is 19.7. The number of aliphatic hydroxyl groups excluding tert-OH is 1. The number of ether oxygens (including phenoxy) is 1. The summed E-state index contributed by atoms with van der Waals surface area (Å²) in [6, 6.07) is 9.89. The maximum Gasteiger partial charge on any atom is 0.405 e. The van der Waals surface area contributed by atoms with Gasteiger partial charge in [-0.15, -0.1) is 11.3 Å². The van der Waals surface area contributed by atoms with Gasteiger partial charge in [-0.05, 0) is 37.1 Å². The number of rotatable bonds is 6. The van der Waals surface area contributed by atoms with E-state index >= 15 is 0 Å². The average molecular weight is 401 g/mol. The first-order valence-electron chi connectivity index (χ1n) is 8.45. The molecule has 8 nitrogen and oxygen atoms in total. The summed E-state index contributed by atoms with van der Waals surface area (Å²) < 4.78 is 5.96. The van der Waals surface area contributed by atoms with Gasteiger partial charge in [0.25, 0.3) is 5.69 Å². The molecule has 0 spiro atoms. The molecule has 28 heavy (non-hydrogen) atoms. The number of amides is 1. The van der Waals surface area contributed by atoms with E-state index in [4.69, 9.17) is 10.5 Å². The smallest absolute Gasteiger partial charge is 0.405 e. The molecule has 3 N–H and O–H groups in total. The van der Waals surface area contributed by atoms with Crippen molar-refractivity contribution in [2.75, 3.05) is 0 Å². The summed E-state index contributed by atoms with van der Waals surface area (Å²) in [4.78, 5) is 26.4. The van der Waals surface area contributed by atoms with Crippen molar-refractivity contribution in [3.8, 4) is 11.1 Å². The van der Waals surface area contributed by atoms with Crippen molar-refractivity contribution < 1.29 is 19.6 Å². The van der Waals surface area contributed by atoms with Crippen molar-refractivity contribution in [1.29, 1.82) is 0 Å². The number of nitro benzene ring substituents is 1. The van der Waals surface area contributed by atoms with Crippen LogP contribution in [0.2, 0.25) is 0 Å². The van der Waals surface area contributed by atoms with Crippen molar-refractivity contribution in [1.82, 2.24) is 4.98 Å². The minimum absolute atomic E-state index is 0.0218. The Morgan fingerprint density at radius 2 is 2.11 bits per heavy atom. The fourth-order valence-electron chi connectivity index (χ4n) is 2.98. The van der Waals surface area contributed by atoms with Gasteiger partial charge < -0.3 is 15.6 Å². The average Bonchev–Trinajstić information content (AvgIpc) is 3.00. The largest absolute Gasteiger partial charge is 0.443 e. The van der Waals surface area contributed by atoms with Gasteiger partial charge in [-0.3, -0.25) is 10.1 Å². The van der Waals surface area contributed by atoms with Gasteiger partial charge in [-0.25, -0.2) is 9.78 Å². The van der Waals surface area contributed by atoms with E-state index in [0.29, 0.717) is 28.6 Å². The lowest BCUT2D eigenvalue weighted by molar-refractivity contribution is -0.384. The topological polar surface area (TPSA) is 129 Å². The van der Waals surface area contributed by atoms with Gasteiger partial charge in [0, 0.05) is 24.1 Å². The molecular formula is C19H19N3O5S. The highest BCUT2D eigenvalue weighted by Gasteiger charge is 2.25. The van der Waals surface area contributed by atoms with E-state index in [1.54, 1.807) is 32.0 Å². The molecule has 0 aliphatic heterocycles. The summed E-state index contributed by atoms with van der Waals surface area (Å²) in [6.07, 6.45) is -0.496. The maximum absolute atomic E-state index is 11.1. The Kier molecular flexibility index (Phi) is 5.30. The van der Waals surface area contributed by atoms with Crippen molar-refractivity contribution in [3.63, 3.8) is 0 Å². The van der Waals surface area contributed by atoms with Crippen LogP contribution >= 0.6 is 11.3 Å². The lowest BCUT2D eigenvalue weighted by Gasteiger charge is -2.22. The number of aromatic nitrogens is 1. The normalized spacial score (nSPS) is 11.5. The molecule has 1 aromatic heterocycles. The van der Waals surface area contributed by atoms with Crippen LogP contribution in [-0.4, -0.2) is 26.7 Å². The van der Waals surface area contributed by atoms with E-state index in [9.17, 15) is 20.0 Å². The van der Waals surface area contributed by atoms with Crippen LogP contribution in [0.1, 0.15) is 24.4 Å². The third-order valence-corrected chi connectivity index (χ3v) is 5.11. The summed E-state index contributed by atoms with van der Waals surface area (Å²) in [7, 11) is 0. The van der Waals surface area contributed by atoms with E-state index in [0.717, 1.165) is 9.71 Å². The monoisotopic (exact) mass is 401 g/mol. The van der Waals surface area contributed by atoms with Crippen LogP contribution in [0, 0.1) is 10.1 Å². The molecule has 0 aliphatic rings. The van der Waals surface area contributed by atoms with Crippen molar-refractivity contribution in [2.24, 2.45) is 5.73 Å². The lowest BCUT2D eigenvalue weighted by Crippen LogP contribution is -2.33. The Labute approximate surface area is 164 Å². The third-order valence-electron chi connectivity index (χ3n) is 4.10. The number of nitrogens with two attached hydrogens (primary N) is 1. The van der Waals surface area contributed by atoms with E-state index in [-0.39, 0.29) is 12.3 Å². The fourth-order valence-corrected chi connectivity index (χ4v) is 4.25. The van der Waals surface area contributed by atoms with Gasteiger partial charge in [-0.2, -0.15) is 0 Å². The molecule has 2 aromatic carbocycles. The number of benzene rings is 2. The Hall–Kier alpha value is -3.04. The van der Waals surface area contributed by atoms with E-state index in [1.807, 2.05) is 6.07 Å². The molecule has 0 saturated heterocycles. The Morgan fingerprint density at radius 1 is 1.36 bits per heavy atom. The molecule has 1 amide bonds. The number of carbonyl (C=O) groups is 1. The molecular weight excluding hydrogens is 382 g/mol. The van der Waals surface area contributed by atoms with Crippen molar-refractivity contribution in [2.45, 2.75) is 32.5 Å². The van der Waals surface area contributed by atoms with E-state index in [1.165, 1.54) is 23.5 Å². The second-order valence-corrected chi connectivity index (χ2v) is 8.04. The van der Waals surface area contributed by atoms with Crippen LogP contribution in [0.3, 0.4) is 0 Å². The van der Waals surface area contributed by atoms with Crippen LogP contribution in [0.25, 0.3) is 21.3 Å². The number of thiazole rings is 1. The number of nitrogens with zero attached hydrogens (tertiary/aromatic N) is 2. The molecule has 9 heteroatoms. The molecule has 0 saturated carbocycles. The summed E-state index contributed by atoms with van der Waals surface area (Å²) in [6.45, 7) is 3.32. The Bertz CT molecular complexity index is 1060. The Balaban J connectivity index is 2.10. The van der Waals surface area contributed by atoms with Gasteiger partial charge in [0.15, 0.2) is 0 Å². The number of nitro groups is 1. The highest BCUT2D eigenvalue weighted by Crippen LogP contribution is 2.35. The quantitative estimate of drug-likeness (QED) is 0.478. The van der Waals surface area contributed by atoms with Crippen LogP contribution in [-0.2, 0) is 17.8 Å². The highest BCUT2D eigenvalue weighted by molar-refractivity contribution is 7.18. The zero-order chi connectivity index (χ0) is 20.5. The summed E-state index contributed by atoms with van der Waals surface area (Å²) >= 11 is 1.41.